The van der Waals surface area contributed by atoms with Crippen LogP contribution in [0.3, 0.4) is 0 Å². The number of pyridine rings is 1. The van der Waals surface area contributed by atoms with Gasteiger partial charge in [0.15, 0.2) is 17.7 Å². The number of ether oxygens (including phenoxy) is 2. The van der Waals surface area contributed by atoms with E-state index in [2.05, 4.69) is 25.6 Å². The quantitative estimate of drug-likeness (QED) is 0.712. The third kappa shape index (κ3) is 3.80. The number of nitrogens with one attached hydrogen (secondary N) is 1. The molecule has 0 saturated heterocycles. The molecule has 0 unspecified atom stereocenters. The second kappa shape index (κ2) is 7.20. The summed E-state index contributed by atoms with van der Waals surface area (Å²) >= 11 is 3.05. The Kier molecular flexibility index (Phi) is 5.15. The maximum absolute atomic E-state index is 13.8. The van der Waals surface area contributed by atoms with E-state index in [0.29, 0.717) is 15.8 Å². The number of hydrogen-bond donors (Lipinski definition) is 1. The van der Waals surface area contributed by atoms with Gasteiger partial charge in [-0.25, -0.2) is 22.6 Å². The van der Waals surface area contributed by atoms with Crippen LogP contribution in [-0.4, -0.2) is 32.1 Å². The Morgan fingerprint density at radius 1 is 1.46 bits per heavy atom. The minimum atomic E-state index is -4.06. The van der Waals surface area contributed by atoms with E-state index >= 15 is 0 Å². The maximum Gasteiger partial charge on any atom is 0.347 e. The van der Waals surface area contributed by atoms with Gasteiger partial charge in [-0.05, 0) is 52.7 Å². The van der Waals surface area contributed by atoms with Gasteiger partial charge in [-0.3, -0.25) is 4.72 Å². The average molecular weight is 445 g/mol. The van der Waals surface area contributed by atoms with E-state index in [-0.39, 0.29) is 17.9 Å². The monoisotopic (exact) mass is 444 g/mol. The van der Waals surface area contributed by atoms with E-state index in [1.807, 2.05) is 0 Å². The molecule has 1 atom stereocenters. The summed E-state index contributed by atoms with van der Waals surface area (Å²) in [6, 6.07) is 5.25. The molecule has 138 valence electrons. The standard InChI is InChI=1S/C16H14BrFN2O5S/c1-2-24-16(21)14-6-9-5-11(3-4-13(9)25-14)26(22,23)20-15-12(18)7-10(17)8-19-15/h3-5,7-8,14H,2,6H2,1H3,(H,19,20)/t14-/m0/s1. The van der Waals surface area contributed by atoms with Gasteiger partial charge >= 0.3 is 5.97 Å². The molecular formula is C16H14BrFN2O5S. The first-order valence-electron chi connectivity index (χ1n) is 7.60. The molecule has 1 N–H and O–H groups in total. The minimum Gasteiger partial charge on any atom is -0.478 e. The molecule has 0 fully saturated rings. The molecule has 0 aliphatic carbocycles. The van der Waals surface area contributed by atoms with Crippen molar-refractivity contribution in [3.8, 4) is 5.75 Å². The summed E-state index contributed by atoms with van der Waals surface area (Å²) in [5.41, 5.74) is 0.551. The molecule has 0 spiro atoms. The van der Waals surface area contributed by atoms with Crippen LogP contribution in [0.25, 0.3) is 0 Å². The van der Waals surface area contributed by atoms with Crippen molar-refractivity contribution in [2.75, 3.05) is 11.3 Å². The zero-order valence-electron chi connectivity index (χ0n) is 13.5. The zero-order chi connectivity index (χ0) is 18.9. The summed E-state index contributed by atoms with van der Waals surface area (Å²) in [7, 11) is -4.06. The molecule has 0 saturated carbocycles. The van der Waals surface area contributed by atoms with Crippen LogP contribution in [0.1, 0.15) is 12.5 Å². The Morgan fingerprint density at radius 2 is 2.23 bits per heavy atom. The molecule has 1 aromatic heterocycles. The lowest BCUT2D eigenvalue weighted by Crippen LogP contribution is -2.27. The van der Waals surface area contributed by atoms with Crippen molar-refractivity contribution in [1.29, 1.82) is 0 Å². The fourth-order valence-corrected chi connectivity index (χ4v) is 3.81. The Morgan fingerprint density at radius 3 is 2.92 bits per heavy atom. The van der Waals surface area contributed by atoms with Crippen LogP contribution >= 0.6 is 15.9 Å². The first kappa shape index (κ1) is 18.6. The van der Waals surface area contributed by atoms with Crippen LogP contribution in [-0.2, 0) is 26.0 Å². The topological polar surface area (TPSA) is 94.6 Å². The van der Waals surface area contributed by atoms with E-state index in [1.165, 1.54) is 24.4 Å². The third-order valence-corrected chi connectivity index (χ3v) is 5.38. The maximum atomic E-state index is 13.8. The Hall–Kier alpha value is -2.20. The van der Waals surface area contributed by atoms with E-state index in [0.717, 1.165) is 6.07 Å². The molecular weight excluding hydrogens is 431 g/mol. The SMILES string of the molecule is CCOC(=O)[C@@H]1Cc2cc(S(=O)(=O)Nc3ncc(Br)cc3F)ccc2O1. The number of hydrogen-bond acceptors (Lipinski definition) is 6. The van der Waals surface area contributed by atoms with Crippen molar-refractivity contribution in [3.05, 3.63) is 46.3 Å². The van der Waals surface area contributed by atoms with Crippen molar-refractivity contribution in [1.82, 2.24) is 4.98 Å². The van der Waals surface area contributed by atoms with Gasteiger partial charge in [0.1, 0.15) is 5.75 Å². The number of benzene rings is 1. The Balaban J connectivity index is 1.83. The molecule has 7 nitrogen and oxygen atoms in total. The zero-order valence-corrected chi connectivity index (χ0v) is 15.9. The van der Waals surface area contributed by atoms with Crippen molar-refractivity contribution >= 4 is 37.7 Å². The smallest absolute Gasteiger partial charge is 0.347 e. The number of fused-ring (bicyclic) bond motifs is 1. The molecule has 2 heterocycles. The minimum absolute atomic E-state index is 0.0894. The summed E-state index contributed by atoms with van der Waals surface area (Å²) < 4.78 is 51.7. The number of nitrogens with zero attached hydrogens (tertiary/aromatic N) is 1. The molecule has 1 aromatic carbocycles. The average Bonchev–Trinajstić information content (AvgIpc) is 3.01. The second-order valence-electron chi connectivity index (χ2n) is 5.42. The van der Waals surface area contributed by atoms with Gasteiger partial charge in [-0.15, -0.1) is 0 Å². The number of carbonyl (C=O) groups is 1. The van der Waals surface area contributed by atoms with E-state index in [4.69, 9.17) is 9.47 Å². The van der Waals surface area contributed by atoms with Crippen LogP contribution < -0.4 is 9.46 Å². The van der Waals surface area contributed by atoms with Crippen LogP contribution in [0.5, 0.6) is 5.75 Å². The lowest BCUT2D eigenvalue weighted by Gasteiger charge is -2.09. The number of aromatic nitrogens is 1. The summed E-state index contributed by atoms with van der Waals surface area (Å²) in [5, 5.41) is 0. The van der Waals surface area contributed by atoms with E-state index in [1.54, 1.807) is 6.92 Å². The number of carbonyl (C=O) groups excluding carboxylic acids is 1. The Bertz CT molecular complexity index is 967. The van der Waals surface area contributed by atoms with Gasteiger partial charge in [0, 0.05) is 17.1 Å². The fraction of sp³-hybridized carbons (Fsp3) is 0.250. The van der Waals surface area contributed by atoms with Crippen LogP contribution in [0.4, 0.5) is 10.2 Å². The van der Waals surface area contributed by atoms with Gasteiger partial charge in [-0.1, -0.05) is 0 Å². The van der Waals surface area contributed by atoms with Gasteiger partial charge < -0.3 is 9.47 Å². The lowest BCUT2D eigenvalue weighted by atomic mass is 10.1. The molecule has 2 aromatic rings. The normalized spacial score (nSPS) is 15.9. The molecule has 0 bridgehead atoms. The molecule has 0 amide bonds. The first-order valence-corrected chi connectivity index (χ1v) is 9.88. The lowest BCUT2D eigenvalue weighted by molar-refractivity contribution is -0.150. The number of esters is 1. The molecule has 0 radical (unpaired) electrons. The van der Waals surface area contributed by atoms with Crippen molar-refractivity contribution in [2.24, 2.45) is 0 Å². The first-order chi connectivity index (χ1) is 12.3. The van der Waals surface area contributed by atoms with Gasteiger partial charge in [0.2, 0.25) is 0 Å². The van der Waals surface area contributed by atoms with Crippen LogP contribution in [0.15, 0.2) is 39.8 Å². The summed E-state index contributed by atoms with van der Waals surface area (Å²) in [6.07, 6.45) is 0.672. The highest BCUT2D eigenvalue weighted by molar-refractivity contribution is 9.10. The summed E-state index contributed by atoms with van der Waals surface area (Å²) in [5.74, 6) is -1.31. The molecule has 10 heteroatoms. The van der Waals surface area contributed by atoms with Crippen LogP contribution in [0, 0.1) is 5.82 Å². The number of sulfonamides is 1. The highest BCUT2D eigenvalue weighted by Gasteiger charge is 2.31. The van der Waals surface area contributed by atoms with Crippen molar-refractivity contribution in [3.63, 3.8) is 0 Å². The highest BCUT2D eigenvalue weighted by atomic mass is 79.9. The number of halogens is 2. The summed E-state index contributed by atoms with van der Waals surface area (Å²) in [4.78, 5) is 15.4. The molecule has 26 heavy (non-hydrogen) atoms. The second-order valence-corrected chi connectivity index (χ2v) is 8.02. The predicted molar refractivity (Wildman–Crippen MR) is 93.9 cm³/mol. The number of anilines is 1. The van der Waals surface area contributed by atoms with Crippen LogP contribution in [0.2, 0.25) is 0 Å². The fourth-order valence-electron chi connectivity index (χ4n) is 2.43. The Labute approximate surface area is 157 Å². The highest BCUT2D eigenvalue weighted by Crippen LogP contribution is 2.32. The third-order valence-electron chi connectivity index (χ3n) is 3.61. The number of rotatable bonds is 5. The van der Waals surface area contributed by atoms with Crippen molar-refractivity contribution < 1.29 is 27.1 Å². The predicted octanol–water partition coefficient (Wildman–Crippen LogP) is 2.65. The molecule has 3 rings (SSSR count). The van der Waals surface area contributed by atoms with Crippen molar-refractivity contribution in [2.45, 2.75) is 24.3 Å². The van der Waals surface area contributed by atoms with Gasteiger partial charge in [0.25, 0.3) is 10.0 Å². The van der Waals surface area contributed by atoms with E-state index < -0.39 is 33.7 Å². The van der Waals surface area contributed by atoms with Gasteiger partial charge in [0.05, 0.1) is 11.5 Å². The van der Waals surface area contributed by atoms with Gasteiger partial charge in [-0.2, -0.15) is 0 Å². The van der Waals surface area contributed by atoms with E-state index in [9.17, 15) is 17.6 Å². The summed E-state index contributed by atoms with van der Waals surface area (Å²) in [6.45, 7) is 1.91. The largest absolute Gasteiger partial charge is 0.478 e. The molecule has 1 aliphatic heterocycles. The molecule has 1 aliphatic rings.